The second kappa shape index (κ2) is 8.39. The molecule has 0 fully saturated rings. The van der Waals surface area contributed by atoms with E-state index in [-0.39, 0.29) is 0 Å². The summed E-state index contributed by atoms with van der Waals surface area (Å²) in [6.07, 6.45) is 1.66. The molecular weight excluding hydrogens is 348 g/mol. The minimum atomic E-state index is 0.530. The molecule has 0 spiro atoms. The van der Waals surface area contributed by atoms with Crippen LogP contribution in [0.15, 0.2) is 83.5 Å². The lowest BCUT2D eigenvalue weighted by Crippen LogP contribution is -2.08. The lowest BCUT2D eigenvalue weighted by Gasteiger charge is -2.11. The van der Waals surface area contributed by atoms with Crippen molar-refractivity contribution in [3.05, 3.63) is 95.9 Å². The van der Waals surface area contributed by atoms with Crippen molar-refractivity contribution in [3.8, 4) is 11.3 Å². The SMILES string of the molecule is Cc1ccc(CNc2cc(-c3ccccc3)nc(NCc3ccco3)n2)cc1. The lowest BCUT2D eigenvalue weighted by atomic mass is 10.1. The van der Waals surface area contributed by atoms with E-state index in [0.717, 1.165) is 22.8 Å². The normalized spacial score (nSPS) is 10.6. The van der Waals surface area contributed by atoms with Crippen LogP contribution < -0.4 is 10.6 Å². The summed E-state index contributed by atoms with van der Waals surface area (Å²) < 4.78 is 5.38. The van der Waals surface area contributed by atoms with Crippen LogP contribution in [0.25, 0.3) is 11.3 Å². The first kappa shape index (κ1) is 17.8. The van der Waals surface area contributed by atoms with E-state index >= 15 is 0 Å². The molecule has 140 valence electrons. The number of anilines is 2. The number of nitrogens with one attached hydrogen (secondary N) is 2. The first-order valence-corrected chi connectivity index (χ1v) is 9.26. The predicted molar refractivity (Wildman–Crippen MR) is 112 cm³/mol. The second-order valence-corrected chi connectivity index (χ2v) is 6.60. The molecule has 4 aromatic rings. The number of aryl methyl sites for hydroxylation is 1. The van der Waals surface area contributed by atoms with Gasteiger partial charge in [-0.2, -0.15) is 4.98 Å². The molecule has 0 aliphatic carbocycles. The van der Waals surface area contributed by atoms with Gasteiger partial charge < -0.3 is 15.1 Å². The van der Waals surface area contributed by atoms with Crippen LogP contribution >= 0.6 is 0 Å². The number of furan rings is 1. The largest absolute Gasteiger partial charge is 0.467 e. The second-order valence-electron chi connectivity index (χ2n) is 6.60. The molecule has 0 saturated heterocycles. The third kappa shape index (κ3) is 4.57. The Balaban J connectivity index is 1.56. The number of hydrogen-bond acceptors (Lipinski definition) is 5. The first-order chi connectivity index (χ1) is 13.8. The fourth-order valence-electron chi connectivity index (χ4n) is 2.85. The maximum Gasteiger partial charge on any atom is 0.225 e. The highest BCUT2D eigenvalue weighted by Crippen LogP contribution is 2.22. The molecule has 0 unspecified atom stereocenters. The fourth-order valence-corrected chi connectivity index (χ4v) is 2.85. The van der Waals surface area contributed by atoms with Crippen LogP contribution in [-0.4, -0.2) is 9.97 Å². The molecule has 0 radical (unpaired) electrons. The van der Waals surface area contributed by atoms with Gasteiger partial charge in [-0.05, 0) is 24.6 Å². The van der Waals surface area contributed by atoms with Gasteiger partial charge in [0.05, 0.1) is 18.5 Å². The molecule has 5 heteroatoms. The van der Waals surface area contributed by atoms with E-state index < -0.39 is 0 Å². The zero-order chi connectivity index (χ0) is 19.2. The Morgan fingerprint density at radius 1 is 0.821 bits per heavy atom. The van der Waals surface area contributed by atoms with Crippen LogP contribution in [0, 0.1) is 6.92 Å². The maximum absolute atomic E-state index is 5.38. The van der Waals surface area contributed by atoms with E-state index in [4.69, 9.17) is 4.42 Å². The fraction of sp³-hybridized carbons (Fsp3) is 0.130. The Morgan fingerprint density at radius 2 is 1.64 bits per heavy atom. The molecule has 4 rings (SSSR count). The summed E-state index contributed by atoms with van der Waals surface area (Å²) in [5.74, 6) is 2.17. The van der Waals surface area contributed by atoms with Gasteiger partial charge in [0.2, 0.25) is 5.95 Å². The van der Waals surface area contributed by atoms with Gasteiger partial charge in [-0.1, -0.05) is 60.2 Å². The Bertz CT molecular complexity index is 1010. The van der Waals surface area contributed by atoms with Gasteiger partial charge in [-0.15, -0.1) is 0 Å². The van der Waals surface area contributed by atoms with E-state index in [1.54, 1.807) is 6.26 Å². The minimum Gasteiger partial charge on any atom is -0.467 e. The highest BCUT2D eigenvalue weighted by Gasteiger charge is 2.08. The van der Waals surface area contributed by atoms with Gasteiger partial charge in [0, 0.05) is 18.2 Å². The molecular formula is C23H22N4O. The average molecular weight is 370 g/mol. The van der Waals surface area contributed by atoms with E-state index in [2.05, 4.69) is 51.8 Å². The summed E-state index contributed by atoms with van der Waals surface area (Å²) in [7, 11) is 0. The Kier molecular flexibility index (Phi) is 5.33. The Labute approximate surface area is 164 Å². The quantitative estimate of drug-likeness (QED) is 0.464. The molecule has 0 aliphatic heterocycles. The summed E-state index contributed by atoms with van der Waals surface area (Å²) >= 11 is 0. The van der Waals surface area contributed by atoms with E-state index in [9.17, 15) is 0 Å². The third-order valence-corrected chi connectivity index (χ3v) is 4.39. The van der Waals surface area contributed by atoms with Gasteiger partial charge in [-0.3, -0.25) is 0 Å². The van der Waals surface area contributed by atoms with Crippen LogP contribution in [-0.2, 0) is 13.1 Å². The van der Waals surface area contributed by atoms with Gasteiger partial charge >= 0.3 is 0 Å². The van der Waals surface area contributed by atoms with Gasteiger partial charge in [0.15, 0.2) is 0 Å². The smallest absolute Gasteiger partial charge is 0.225 e. The molecule has 2 heterocycles. The Morgan fingerprint density at radius 3 is 2.39 bits per heavy atom. The zero-order valence-corrected chi connectivity index (χ0v) is 15.7. The molecule has 2 aromatic carbocycles. The lowest BCUT2D eigenvalue weighted by molar-refractivity contribution is 0.517. The molecule has 5 nitrogen and oxygen atoms in total. The number of hydrogen-bond donors (Lipinski definition) is 2. The molecule has 2 aromatic heterocycles. The predicted octanol–water partition coefficient (Wildman–Crippen LogP) is 5.27. The molecule has 0 atom stereocenters. The summed E-state index contributed by atoms with van der Waals surface area (Å²) in [5.41, 5.74) is 4.37. The maximum atomic E-state index is 5.38. The summed E-state index contributed by atoms with van der Waals surface area (Å²) in [5, 5.41) is 6.66. The molecule has 0 saturated carbocycles. The molecule has 0 bridgehead atoms. The van der Waals surface area contributed by atoms with Crippen molar-refractivity contribution in [2.45, 2.75) is 20.0 Å². The summed E-state index contributed by atoms with van der Waals surface area (Å²) in [4.78, 5) is 9.28. The zero-order valence-electron chi connectivity index (χ0n) is 15.7. The van der Waals surface area contributed by atoms with Crippen LogP contribution in [0.3, 0.4) is 0 Å². The molecule has 28 heavy (non-hydrogen) atoms. The average Bonchev–Trinajstić information content (AvgIpc) is 3.26. The van der Waals surface area contributed by atoms with E-state index in [1.165, 1.54) is 11.1 Å². The van der Waals surface area contributed by atoms with Crippen molar-refractivity contribution >= 4 is 11.8 Å². The van der Waals surface area contributed by atoms with Crippen molar-refractivity contribution in [1.82, 2.24) is 9.97 Å². The van der Waals surface area contributed by atoms with Crippen molar-refractivity contribution in [3.63, 3.8) is 0 Å². The van der Waals surface area contributed by atoms with E-state index in [0.29, 0.717) is 19.0 Å². The monoisotopic (exact) mass is 370 g/mol. The topological polar surface area (TPSA) is 63.0 Å². The molecule has 2 N–H and O–H groups in total. The summed E-state index contributed by atoms with van der Waals surface area (Å²) in [6, 6.07) is 24.3. The van der Waals surface area contributed by atoms with Crippen LogP contribution in [0.1, 0.15) is 16.9 Å². The van der Waals surface area contributed by atoms with Gasteiger partial charge in [0.1, 0.15) is 11.6 Å². The van der Waals surface area contributed by atoms with Crippen molar-refractivity contribution < 1.29 is 4.42 Å². The highest BCUT2D eigenvalue weighted by atomic mass is 16.3. The number of rotatable bonds is 7. The van der Waals surface area contributed by atoms with Crippen LogP contribution in [0.4, 0.5) is 11.8 Å². The van der Waals surface area contributed by atoms with Crippen molar-refractivity contribution in [2.75, 3.05) is 10.6 Å². The Hall–Kier alpha value is -3.60. The number of nitrogens with zero attached hydrogens (tertiary/aromatic N) is 2. The van der Waals surface area contributed by atoms with Gasteiger partial charge in [-0.25, -0.2) is 4.98 Å². The number of benzene rings is 2. The summed E-state index contributed by atoms with van der Waals surface area (Å²) in [6.45, 7) is 3.32. The first-order valence-electron chi connectivity index (χ1n) is 9.26. The minimum absolute atomic E-state index is 0.530. The standard InChI is InChI=1S/C23H22N4O/c1-17-9-11-18(12-10-17)15-24-22-14-21(19-6-3-2-4-7-19)26-23(27-22)25-16-20-8-5-13-28-20/h2-14H,15-16H2,1H3,(H2,24,25,26,27). The third-order valence-electron chi connectivity index (χ3n) is 4.39. The van der Waals surface area contributed by atoms with E-state index in [1.807, 2.05) is 48.5 Å². The highest BCUT2D eigenvalue weighted by molar-refractivity contribution is 5.64. The van der Waals surface area contributed by atoms with Crippen LogP contribution in [0.2, 0.25) is 0 Å². The van der Waals surface area contributed by atoms with Crippen LogP contribution in [0.5, 0.6) is 0 Å². The van der Waals surface area contributed by atoms with Crippen molar-refractivity contribution in [1.29, 1.82) is 0 Å². The number of aromatic nitrogens is 2. The van der Waals surface area contributed by atoms with Crippen molar-refractivity contribution in [2.24, 2.45) is 0 Å². The molecule has 0 amide bonds. The van der Waals surface area contributed by atoms with Gasteiger partial charge in [0.25, 0.3) is 0 Å². The molecule has 0 aliphatic rings.